The molecule has 0 bridgehead atoms. The predicted octanol–water partition coefficient (Wildman–Crippen LogP) is 2.05. The van der Waals surface area contributed by atoms with Gasteiger partial charge in [-0.25, -0.2) is 0 Å². The van der Waals surface area contributed by atoms with Crippen molar-refractivity contribution in [3.63, 3.8) is 0 Å². The molecule has 144 valence electrons. The average molecular weight is 378 g/mol. The molecule has 0 amide bonds. The van der Waals surface area contributed by atoms with Crippen molar-refractivity contribution in [1.82, 2.24) is 15.6 Å². The molecule has 7 heteroatoms. The lowest BCUT2D eigenvalue weighted by molar-refractivity contribution is 0.0376. The van der Waals surface area contributed by atoms with E-state index in [1.165, 1.54) is 5.69 Å². The van der Waals surface area contributed by atoms with Crippen molar-refractivity contribution >= 4 is 29.2 Å². The summed E-state index contributed by atoms with van der Waals surface area (Å²) in [6.07, 6.45) is 2.84. The number of nitrogens with one attached hydrogen (secondary N) is 2. The molecule has 26 heavy (non-hydrogen) atoms. The molecule has 2 rings (SSSR count). The van der Waals surface area contributed by atoms with Gasteiger partial charge in [0.25, 0.3) is 0 Å². The Morgan fingerprint density at radius 1 is 1.23 bits per heavy atom. The van der Waals surface area contributed by atoms with Gasteiger partial charge in [-0.1, -0.05) is 12.1 Å². The van der Waals surface area contributed by atoms with Crippen LogP contribution in [0.2, 0.25) is 0 Å². The molecule has 1 heterocycles. The summed E-state index contributed by atoms with van der Waals surface area (Å²) in [5, 5.41) is 7.95. The first-order valence-corrected chi connectivity index (χ1v) is 9.85. The van der Waals surface area contributed by atoms with E-state index < -0.39 is 0 Å². The molecule has 0 aliphatic carbocycles. The summed E-state index contributed by atoms with van der Waals surface area (Å²) in [7, 11) is 0. The summed E-state index contributed by atoms with van der Waals surface area (Å²) < 4.78 is 5.35. The summed E-state index contributed by atoms with van der Waals surface area (Å²) >= 11 is 5.25. The van der Waals surface area contributed by atoms with Crippen LogP contribution < -0.4 is 15.6 Å². The van der Waals surface area contributed by atoms with Crippen molar-refractivity contribution in [2.75, 3.05) is 57.4 Å². The lowest BCUT2D eigenvalue weighted by Crippen LogP contribution is -2.39. The minimum Gasteiger partial charge on any atom is -0.379 e. The molecule has 1 aliphatic rings. The van der Waals surface area contributed by atoms with Gasteiger partial charge in [-0.2, -0.15) is 5.10 Å². The van der Waals surface area contributed by atoms with Gasteiger partial charge in [0.2, 0.25) is 0 Å². The average Bonchev–Trinajstić information content (AvgIpc) is 2.68. The highest BCUT2D eigenvalue weighted by Gasteiger charge is 2.09. The standard InChI is InChI=1S/C19H31N5OS/c1-3-24(4-2)18-8-6-17(7-9-18)16-21-22-19(26)20-10-5-11-23-12-14-25-15-13-23/h6-9,16H,3-5,10-15H2,1-2H3,(H2,20,22,26)/b21-16-. The van der Waals surface area contributed by atoms with E-state index in [-0.39, 0.29) is 0 Å². The summed E-state index contributed by atoms with van der Waals surface area (Å²) in [5.41, 5.74) is 5.15. The Hall–Kier alpha value is -1.70. The smallest absolute Gasteiger partial charge is 0.186 e. The van der Waals surface area contributed by atoms with Crippen LogP contribution in [0, 0.1) is 0 Å². The zero-order valence-corrected chi connectivity index (χ0v) is 16.7. The Morgan fingerprint density at radius 2 is 1.92 bits per heavy atom. The summed E-state index contributed by atoms with van der Waals surface area (Å²) in [4.78, 5) is 4.73. The number of benzene rings is 1. The zero-order chi connectivity index (χ0) is 18.6. The van der Waals surface area contributed by atoms with Gasteiger partial charge in [0, 0.05) is 38.4 Å². The van der Waals surface area contributed by atoms with E-state index in [1.807, 2.05) is 0 Å². The number of morpholine rings is 1. The molecular formula is C19H31N5OS. The lowest BCUT2D eigenvalue weighted by atomic mass is 10.2. The molecule has 6 nitrogen and oxygen atoms in total. The first-order chi connectivity index (χ1) is 12.7. The van der Waals surface area contributed by atoms with Crippen LogP contribution in [0.5, 0.6) is 0 Å². The maximum atomic E-state index is 5.35. The third-order valence-corrected chi connectivity index (χ3v) is 4.68. The number of hydrogen-bond donors (Lipinski definition) is 2. The Balaban J connectivity index is 1.63. The number of ether oxygens (including phenoxy) is 1. The molecule has 1 aromatic rings. The van der Waals surface area contributed by atoms with Gasteiger partial charge in [0.15, 0.2) is 5.11 Å². The fourth-order valence-corrected chi connectivity index (χ4v) is 3.05. The molecule has 2 N–H and O–H groups in total. The quantitative estimate of drug-likeness (QED) is 0.297. The van der Waals surface area contributed by atoms with Crippen LogP contribution in [-0.2, 0) is 4.74 Å². The number of anilines is 1. The predicted molar refractivity (Wildman–Crippen MR) is 113 cm³/mol. The first kappa shape index (κ1) is 20.6. The van der Waals surface area contributed by atoms with Crippen molar-refractivity contribution in [2.24, 2.45) is 5.10 Å². The number of rotatable bonds is 9. The Bertz CT molecular complexity index is 554. The largest absolute Gasteiger partial charge is 0.379 e. The molecule has 1 saturated heterocycles. The highest BCUT2D eigenvalue weighted by molar-refractivity contribution is 7.80. The third-order valence-electron chi connectivity index (χ3n) is 4.44. The van der Waals surface area contributed by atoms with E-state index in [2.05, 4.69) is 63.8 Å². The van der Waals surface area contributed by atoms with Crippen LogP contribution in [0.15, 0.2) is 29.4 Å². The monoisotopic (exact) mass is 377 g/mol. The van der Waals surface area contributed by atoms with E-state index in [9.17, 15) is 0 Å². The normalized spacial score (nSPS) is 15.2. The van der Waals surface area contributed by atoms with Crippen LogP contribution in [0.25, 0.3) is 0 Å². The second-order valence-electron chi connectivity index (χ2n) is 6.20. The van der Waals surface area contributed by atoms with E-state index in [0.29, 0.717) is 5.11 Å². The van der Waals surface area contributed by atoms with Gasteiger partial charge in [0.1, 0.15) is 0 Å². The molecule has 0 aromatic heterocycles. The van der Waals surface area contributed by atoms with Crippen LogP contribution in [0.4, 0.5) is 5.69 Å². The fourth-order valence-electron chi connectivity index (χ4n) is 2.89. The van der Waals surface area contributed by atoms with E-state index in [0.717, 1.165) is 64.5 Å². The highest BCUT2D eigenvalue weighted by atomic mass is 32.1. The Labute approximate surface area is 162 Å². The third kappa shape index (κ3) is 7.27. The van der Waals surface area contributed by atoms with Gasteiger partial charge < -0.3 is 15.0 Å². The summed E-state index contributed by atoms with van der Waals surface area (Å²) in [5.74, 6) is 0. The molecule has 0 unspecified atom stereocenters. The van der Waals surface area contributed by atoms with E-state index in [4.69, 9.17) is 17.0 Å². The topological polar surface area (TPSA) is 52.1 Å². The van der Waals surface area contributed by atoms with Crippen molar-refractivity contribution < 1.29 is 4.74 Å². The van der Waals surface area contributed by atoms with Crippen molar-refractivity contribution in [2.45, 2.75) is 20.3 Å². The first-order valence-electron chi connectivity index (χ1n) is 9.45. The molecule has 0 spiro atoms. The Kier molecular flexibility index (Phi) is 9.38. The van der Waals surface area contributed by atoms with Crippen molar-refractivity contribution in [3.05, 3.63) is 29.8 Å². The maximum absolute atomic E-state index is 5.35. The van der Waals surface area contributed by atoms with Gasteiger partial charge in [-0.15, -0.1) is 0 Å². The minimum absolute atomic E-state index is 0.558. The fraction of sp³-hybridized carbons (Fsp3) is 0.579. The second-order valence-corrected chi connectivity index (χ2v) is 6.61. The molecule has 0 atom stereocenters. The highest BCUT2D eigenvalue weighted by Crippen LogP contribution is 2.13. The zero-order valence-electron chi connectivity index (χ0n) is 15.9. The number of hydrogen-bond acceptors (Lipinski definition) is 5. The van der Waals surface area contributed by atoms with Crippen molar-refractivity contribution in [1.29, 1.82) is 0 Å². The van der Waals surface area contributed by atoms with Gasteiger partial charge >= 0.3 is 0 Å². The van der Waals surface area contributed by atoms with E-state index in [1.54, 1.807) is 6.21 Å². The number of nitrogens with zero attached hydrogens (tertiary/aromatic N) is 3. The summed E-state index contributed by atoms with van der Waals surface area (Å²) in [6, 6.07) is 8.38. The van der Waals surface area contributed by atoms with Crippen LogP contribution >= 0.6 is 12.2 Å². The molecule has 0 radical (unpaired) electrons. The van der Waals surface area contributed by atoms with Gasteiger partial charge in [-0.05, 0) is 56.7 Å². The number of hydrazone groups is 1. The van der Waals surface area contributed by atoms with Gasteiger partial charge in [-0.3, -0.25) is 10.3 Å². The van der Waals surface area contributed by atoms with Gasteiger partial charge in [0.05, 0.1) is 19.4 Å². The van der Waals surface area contributed by atoms with Crippen LogP contribution in [0.3, 0.4) is 0 Å². The molecule has 1 fully saturated rings. The lowest BCUT2D eigenvalue weighted by Gasteiger charge is -2.26. The maximum Gasteiger partial charge on any atom is 0.186 e. The number of thiocarbonyl (C=S) groups is 1. The Morgan fingerprint density at radius 3 is 2.58 bits per heavy atom. The molecule has 1 aliphatic heterocycles. The van der Waals surface area contributed by atoms with Crippen molar-refractivity contribution in [3.8, 4) is 0 Å². The SMILES string of the molecule is CCN(CC)c1ccc(/C=N\NC(=S)NCCCN2CCOCC2)cc1. The van der Waals surface area contributed by atoms with E-state index >= 15 is 0 Å². The minimum atomic E-state index is 0.558. The molecule has 1 aromatic carbocycles. The summed E-state index contributed by atoms with van der Waals surface area (Å²) in [6.45, 7) is 12.0. The molecular weight excluding hydrogens is 346 g/mol. The molecule has 0 saturated carbocycles. The van der Waals surface area contributed by atoms with Crippen LogP contribution in [0.1, 0.15) is 25.8 Å². The second kappa shape index (κ2) is 11.8. The van der Waals surface area contributed by atoms with Crippen LogP contribution in [-0.4, -0.2) is 68.7 Å².